The lowest BCUT2D eigenvalue weighted by Crippen LogP contribution is -1.97. The van der Waals surface area contributed by atoms with Gasteiger partial charge in [-0.05, 0) is 82.2 Å². The van der Waals surface area contributed by atoms with Crippen LogP contribution in [0.4, 0.5) is 0 Å². The maximum atomic E-state index is 2.45. The highest BCUT2D eigenvalue weighted by Gasteiger charge is 2.18. The summed E-state index contributed by atoms with van der Waals surface area (Å²) in [5.74, 6) is 0. The molecule has 3 heterocycles. The Morgan fingerprint density at radius 2 is 1.08 bits per heavy atom. The van der Waals surface area contributed by atoms with E-state index in [2.05, 4.69) is 203 Å². The summed E-state index contributed by atoms with van der Waals surface area (Å²) in [4.78, 5) is 0. The second-order valence-corrected chi connectivity index (χ2v) is 14.9. The van der Waals surface area contributed by atoms with Gasteiger partial charge in [-0.3, -0.25) is 0 Å². The predicted molar refractivity (Wildman–Crippen MR) is 227 cm³/mol. The summed E-state index contributed by atoms with van der Waals surface area (Å²) in [7, 11) is 0. The molecule has 11 aromatic rings. The summed E-state index contributed by atoms with van der Waals surface area (Å²) in [5, 5.41) is 7.54. The van der Waals surface area contributed by atoms with E-state index in [1.807, 2.05) is 11.3 Å². The zero-order valence-corrected chi connectivity index (χ0v) is 29.6. The van der Waals surface area contributed by atoms with E-state index in [1.165, 1.54) is 97.6 Å². The molecule has 0 aliphatic carbocycles. The molecule has 0 bridgehead atoms. The minimum Gasteiger partial charge on any atom is -0.315 e. The van der Waals surface area contributed by atoms with Crippen molar-refractivity contribution in [2.45, 2.75) is 0 Å². The number of rotatable bonds is 5. The first-order valence-electron chi connectivity index (χ1n) is 18.1. The lowest BCUT2D eigenvalue weighted by atomic mass is 9.99. The lowest BCUT2D eigenvalue weighted by Gasteiger charge is -2.13. The van der Waals surface area contributed by atoms with Gasteiger partial charge in [-0.2, -0.15) is 0 Å². The first kappa shape index (κ1) is 30.0. The van der Waals surface area contributed by atoms with Gasteiger partial charge in [0.05, 0.1) is 22.4 Å². The van der Waals surface area contributed by atoms with Crippen molar-refractivity contribution in [2.75, 3.05) is 0 Å². The third-order valence-electron chi connectivity index (χ3n) is 10.7. The van der Waals surface area contributed by atoms with E-state index >= 15 is 0 Å². The fourth-order valence-electron chi connectivity index (χ4n) is 8.21. The van der Waals surface area contributed by atoms with E-state index in [1.54, 1.807) is 0 Å². The quantitative estimate of drug-likeness (QED) is 0.170. The molecule has 3 heteroatoms. The first-order valence-corrected chi connectivity index (χ1v) is 18.9. The van der Waals surface area contributed by atoms with Gasteiger partial charge < -0.3 is 9.13 Å². The van der Waals surface area contributed by atoms with E-state index in [4.69, 9.17) is 0 Å². The third kappa shape index (κ3) is 4.86. The monoisotopic (exact) mass is 692 g/mol. The molecule has 0 aliphatic heterocycles. The normalized spacial score (nSPS) is 11.8. The minimum absolute atomic E-state index is 1.17. The van der Waals surface area contributed by atoms with Crippen molar-refractivity contribution in [3.63, 3.8) is 0 Å². The molecule has 11 rings (SSSR count). The van der Waals surface area contributed by atoms with Crippen LogP contribution in [0.1, 0.15) is 0 Å². The average Bonchev–Trinajstić information content (AvgIpc) is 3.92. The number of nitrogens with zero attached hydrogens (tertiary/aromatic N) is 2. The molecule has 0 unspecified atom stereocenters. The van der Waals surface area contributed by atoms with Gasteiger partial charge >= 0.3 is 0 Å². The summed E-state index contributed by atoms with van der Waals surface area (Å²) in [6.45, 7) is 0. The second kappa shape index (κ2) is 11.9. The van der Waals surface area contributed by atoms with Crippen LogP contribution in [-0.4, -0.2) is 9.13 Å². The molecule has 0 fully saturated rings. The van der Waals surface area contributed by atoms with Crippen molar-refractivity contribution in [3.05, 3.63) is 194 Å². The molecule has 0 saturated carbocycles. The number of thiophene rings is 1. The molecular formula is C50H32N2S. The van der Waals surface area contributed by atoms with Gasteiger partial charge in [0.25, 0.3) is 0 Å². The molecule has 53 heavy (non-hydrogen) atoms. The molecule has 2 nitrogen and oxygen atoms in total. The van der Waals surface area contributed by atoms with Crippen molar-refractivity contribution in [1.82, 2.24) is 9.13 Å². The number of benzene rings is 8. The first-order chi connectivity index (χ1) is 26.3. The summed E-state index contributed by atoms with van der Waals surface area (Å²) in [6, 6.07) is 68.7. The van der Waals surface area contributed by atoms with Gasteiger partial charge in [0.15, 0.2) is 0 Å². The van der Waals surface area contributed by atoms with Crippen molar-refractivity contribution in [3.8, 4) is 44.9 Å². The van der Waals surface area contributed by atoms with Gasteiger partial charge in [0, 0.05) is 53.8 Å². The van der Waals surface area contributed by atoms with Crippen LogP contribution in [0.15, 0.2) is 194 Å². The maximum Gasteiger partial charge on any atom is 0.0541 e. The fraction of sp³-hybridized carbons (Fsp3) is 0. The summed E-state index contributed by atoms with van der Waals surface area (Å²) >= 11 is 1.86. The molecular weight excluding hydrogens is 661 g/mol. The van der Waals surface area contributed by atoms with Crippen molar-refractivity contribution in [1.29, 1.82) is 0 Å². The highest BCUT2D eigenvalue weighted by molar-refractivity contribution is 7.25. The van der Waals surface area contributed by atoms with E-state index in [-0.39, 0.29) is 0 Å². The van der Waals surface area contributed by atoms with Crippen LogP contribution in [0.5, 0.6) is 0 Å². The maximum absolute atomic E-state index is 2.45. The Hall–Kier alpha value is -6.68. The molecule has 0 N–H and O–H groups in total. The number of fused-ring (bicyclic) bond motifs is 6. The fourth-order valence-corrected chi connectivity index (χ4v) is 9.29. The van der Waals surface area contributed by atoms with Crippen molar-refractivity contribution < 1.29 is 0 Å². The standard InChI is InChI=1S/C50H32N2S/c1-3-12-34(13-4-1)44-32-51(45-20-11-17-33-14-7-8-18-40(33)45)46-26-24-36(28-42(44)46)37-22-23-38-30-47(35-15-5-2-6-16-35)52(48(38)29-37)39-25-27-50-43(31-39)41-19-9-10-21-49(41)53-50/h1-32H. The molecule has 0 atom stereocenters. The van der Waals surface area contributed by atoms with Gasteiger partial charge in [-0.1, -0.05) is 133 Å². The molecule has 0 radical (unpaired) electrons. The number of aromatic nitrogens is 2. The predicted octanol–water partition coefficient (Wildman–Crippen LogP) is 14.1. The van der Waals surface area contributed by atoms with Crippen LogP contribution < -0.4 is 0 Å². The van der Waals surface area contributed by atoms with E-state index in [0.717, 1.165) is 0 Å². The summed E-state index contributed by atoms with van der Waals surface area (Å²) < 4.78 is 7.45. The molecule has 0 spiro atoms. The SMILES string of the molecule is c1ccc(-c2cn(-c3cccc4ccccc34)c3ccc(-c4ccc5cc(-c6ccccc6)n(-c6ccc7sc8ccccc8c7c6)c5c4)cc23)cc1. The van der Waals surface area contributed by atoms with Gasteiger partial charge in [-0.15, -0.1) is 11.3 Å². The highest BCUT2D eigenvalue weighted by atomic mass is 32.1. The van der Waals surface area contributed by atoms with Crippen LogP contribution in [0.25, 0.3) is 97.6 Å². The van der Waals surface area contributed by atoms with Gasteiger partial charge in [-0.25, -0.2) is 0 Å². The third-order valence-corrected chi connectivity index (χ3v) is 11.9. The summed E-state index contributed by atoms with van der Waals surface area (Å²) in [6.07, 6.45) is 2.32. The Morgan fingerprint density at radius 1 is 0.377 bits per heavy atom. The molecule has 0 saturated heterocycles. The summed E-state index contributed by atoms with van der Waals surface area (Å²) in [5.41, 5.74) is 11.9. The Morgan fingerprint density at radius 3 is 1.94 bits per heavy atom. The van der Waals surface area contributed by atoms with E-state index < -0.39 is 0 Å². The van der Waals surface area contributed by atoms with Crippen molar-refractivity contribution >= 4 is 64.1 Å². The molecule has 8 aromatic carbocycles. The Bertz CT molecular complexity index is 3160. The zero-order valence-electron chi connectivity index (χ0n) is 28.8. The van der Waals surface area contributed by atoms with E-state index in [9.17, 15) is 0 Å². The zero-order chi connectivity index (χ0) is 34.9. The van der Waals surface area contributed by atoms with Crippen LogP contribution in [0, 0.1) is 0 Å². The Balaban J connectivity index is 1.13. The smallest absolute Gasteiger partial charge is 0.0541 e. The molecule has 0 aliphatic rings. The molecule has 248 valence electrons. The van der Waals surface area contributed by atoms with Gasteiger partial charge in [0.1, 0.15) is 0 Å². The largest absolute Gasteiger partial charge is 0.315 e. The topological polar surface area (TPSA) is 9.86 Å². The number of hydrogen-bond donors (Lipinski definition) is 0. The average molecular weight is 693 g/mol. The van der Waals surface area contributed by atoms with Crippen LogP contribution in [0.2, 0.25) is 0 Å². The van der Waals surface area contributed by atoms with Crippen molar-refractivity contribution in [2.24, 2.45) is 0 Å². The van der Waals surface area contributed by atoms with Crippen LogP contribution in [-0.2, 0) is 0 Å². The second-order valence-electron chi connectivity index (χ2n) is 13.8. The number of hydrogen-bond acceptors (Lipinski definition) is 1. The Labute approximate surface area is 311 Å². The molecule has 0 amide bonds. The minimum atomic E-state index is 1.17. The molecule has 3 aromatic heterocycles. The Kier molecular flexibility index (Phi) is 6.76. The van der Waals surface area contributed by atoms with Crippen LogP contribution in [0.3, 0.4) is 0 Å². The lowest BCUT2D eigenvalue weighted by molar-refractivity contribution is 1.14. The van der Waals surface area contributed by atoms with Gasteiger partial charge in [0.2, 0.25) is 0 Å². The highest BCUT2D eigenvalue weighted by Crippen LogP contribution is 2.41. The van der Waals surface area contributed by atoms with Crippen LogP contribution >= 0.6 is 11.3 Å². The van der Waals surface area contributed by atoms with E-state index in [0.29, 0.717) is 0 Å².